The van der Waals surface area contributed by atoms with Gasteiger partial charge in [0.1, 0.15) is 5.75 Å². The Morgan fingerprint density at radius 1 is 1.04 bits per heavy atom. The van der Waals surface area contributed by atoms with Gasteiger partial charge in [-0.05, 0) is 56.3 Å². The van der Waals surface area contributed by atoms with Gasteiger partial charge in [0.2, 0.25) is 5.78 Å². The lowest BCUT2D eigenvalue weighted by atomic mass is 10.1. The summed E-state index contributed by atoms with van der Waals surface area (Å²) >= 11 is 0. The highest BCUT2D eigenvalue weighted by molar-refractivity contribution is 6.01. The molecule has 5 nitrogen and oxygen atoms in total. The van der Waals surface area contributed by atoms with E-state index in [4.69, 9.17) is 9.47 Å². The van der Waals surface area contributed by atoms with Crippen molar-refractivity contribution in [3.05, 3.63) is 78.0 Å². The molecule has 1 unspecified atom stereocenters. The van der Waals surface area contributed by atoms with Crippen LogP contribution in [0.4, 0.5) is 0 Å². The highest BCUT2D eigenvalue weighted by atomic mass is 16.5. The molecule has 5 heteroatoms. The number of rotatable bonds is 7. The summed E-state index contributed by atoms with van der Waals surface area (Å²) < 4.78 is 10.6. The Morgan fingerprint density at radius 2 is 1.79 bits per heavy atom. The van der Waals surface area contributed by atoms with Gasteiger partial charge in [0.05, 0.1) is 17.8 Å². The zero-order chi connectivity index (χ0) is 19.9. The van der Waals surface area contributed by atoms with Gasteiger partial charge >= 0.3 is 5.97 Å². The van der Waals surface area contributed by atoms with E-state index in [1.807, 2.05) is 43.3 Å². The van der Waals surface area contributed by atoms with Crippen LogP contribution in [-0.2, 0) is 9.53 Å². The zero-order valence-corrected chi connectivity index (χ0v) is 15.8. The monoisotopic (exact) mass is 375 g/mol. The van der Waals surface area contributed by atoms with Crippen LogP contribution in [0.2, 0.25) is 0 Å². The number of ether oxygens (including phenoxy) is 2. The number of aromatic nitrogens is 1. The predicted octanol–water partition coefficient (Wildman–Crippen LogP) is 4.46. The van der Waals surface area contributed by atoms with Crippen LogP contribution >= 0.6 is 0 Å². The van der Waals surface area contributed by atoms with Gasteiger partial charge in [-0.25, -0.2) is 9.78 Å². The molecule has 0 N–H and O–H groups in total. The molecule has 0 aliphatic carbocycles. The third-order valence-electron chi connectivity index (χ3n) is 4.12. The van der Waals surface area contributed by atoms with Crippen LogP contribution in [0.1, 0.15) is 29.9 Å². The number of esters is 1. The standard InChI is InChI=1S/C23H21NO4/c1-3-27-20-13-9-18(10-14-20)23(26)16(2)28-22(25)15-12-19-11-8-17-6-4-5-7-21(17)24-19/h4-16H,3H2,1-2H3/b15-12+. The minimum absolute atomic E-state index is 0.270. The lowest BCUT2D eigenvalue weighted by Gasteiger charge is -2.11. The van der Waals surface area contributed by atoms with Crippen molar-refractivity contribution in [2.75, 3.05) is 6.61 Å². The zero-order valence-electron chi connectivity index (χ0n) is 15.8. The third-order valence-corrected chi connectivity index (χ3v) is 4.12. The molecule has 142 valence electrons. The van der Waals surface area contributed by atoms with Gasteiger partial charge in [-0.15, -0.1) is 0 Å². The van der Waals surface area contributed by atoms with E-state index in [0.29, 0.717) is 23.6 Å². The maximum Gasteiger partial charge on any atom is 0.331 e. The van der Waals surface area contributed by atoms with Crippen molar-refractivity contribution >= 4 is 28.7 Å². The molecular weight excluding hydrogens is 354 g/mol. The van der Waals surface area contributed by atoms with Gasteiger partial charge in [0, 0.05) is 17.0 Å². The fourth-order valence-corrected chi connectivity index (χ4v) is 2.71. The van der Waals surface area contributed by atoms with Crippen LogP contribution in [0.15, 0.2) is 66.7 Å². The number of pyridine rings is 1. The first-order chi connectivity index (χ1) is 13.6. The van der Waals surface area contributed by atoms with E-state index >= 15 is 0 Å². The van der Waals surface area contributed by atoms with Crippen LogP contribution < -0.4 is 4.74 Å². The summed E-state index contributed by atoms with van der Waals surface area (Å²) in [7, 11) is 0. The van der Waals surface area contributed by atoms with Crippen molar-refractivity contribution in [3.63, 3.8) is 0 Å². The van der Waals surface area contributed by atoms with Crippen molar-refractivity contribution in [1.29, 1.82) is 0 Å². The topological polar surface area (TPSA) is 65.5 Å². The van der Waals surface area contributed by atoms with E-state index in [1.54, 1.807) is 37.3 Å². The first-order valence-electron chi connectivity index (χ1n) is 9.08. The van der Waals surface area contributed by atoms with Crippen LogP contribution in [-0.4, -0.2) is 29.4 Å². The number of ketones is 1. The van der Waals surface area contributed by atoms with E-state index < -0.39 is 12.1 Å². The summed E-state index contributed by atoms with van der Waals surface area (Å²) in [4.78, 5) is 28.9. The van der Waals surface area contributed by atoms with E-state index in [9.17, 15) is 9.59 Å². The maximum absolute atomic E-state index is 12.4. The van der Waals surface area contributed by atoms with Crippen molar-refractivity contribution in [2.24, 2.45) is 0 Å². The molecule has 1 heterocycles. The van der Waals surface area contributed by atoms with Crippen molar-refractivity contribution in [2.45, 2.75) is 20.0 Å². The largest absolute Gasteiger partial charge is 0.494 e. The number of nitrogens with zero attached hydrogens (tertiary/aromatic N) is 1. The molecule has 3 rings (SSSR count). The second-order valence-corrected chi connectivity index (χ2v) is 6.16. The summed E-state index contributed by atoms with van der Waals surface area (Å²) in [5, 5.41) is 1.02. The summed E-state index contributed by atoms with van der Waals surface area (Å²) in [5.74, 6) is -0.176. The molecule has 0 amide bonds. The summed E-state index contributed by atoms with van der Waals surface area (Å²) in [5.41, 5.74) is 1.95. The van der Waals surface area contributed by atoms with E-state index in [0.717, 1.165) is 10.9 Å². The van der Waals surface area contributed by atoms with Crippen LogP contribution in [0.5, 0.6) is 5.75 Å². The first-order valence-corrected chi connectivity index (χ1v) is 9.08. The Kier molecular flexibility index (Phi) is 6.17. The number of hydrogen-bond donors (Lipinski definition) is 0. The fourth-order valence-electron chi connectivity index (χ4n) is 2.71. The number of para-hydroxylation sites is 1. The number of benzene rings is 2. The Bertz CT molecular complexity index is 1010. The molecule has 3 aromatic rings. The summed E-state index contributed by atoms with van der Waals surface area (Å²) in [6.45, 7) is 4.00. The molecule has 1 aromatic heterocycles. The quantitative estimate of drug-likeness (QED) is 0.346. The lowest BCUT2D eigenvalue weighted by Crippen LogP contribution is -2.23. The van der Waals surface area contributed by atoms with Crippen LogP contribution in [0.3, 0.4) is 0 Å². The number of carbonyl (C=O) groups excluding carboxylic acids is 2. The molecular formula is C23H21NO4. The smallest absolute Gasteiger partial charge is 0.331 e. The molecule has 0 saturated carbocycles. The van der Waals surface area contributed by atoms with Crippen LogP contribution in [0, 0.1) is 0 Å². The Morgan fingerprint density at radius 3 is 2.54 bits per heavy atom. The van der Waals surface area contributed by atoms with Crippen molar-refractivity contribution in [1.82, 2.24) is 4.98 Å². The van der Waals surface area contributed by atoms with Crippen molar-refractivity contribution in [3.8, 4) is 5.75 Å². The minimum Gasteiger partial charge on any atom is -0.494 e. The molecule has 0 bridgehead atoms. The highest BCUT2D eigenvalue weighted by Gasteiger charge is 2.18. The average molecular weight is 375 g/mol. The summed E-state index contributed by atoms with van der Waals surface area (Å²) in [6.07, 6.45) is 1.96. The SMILES string of the molecule is CCOc1ccc(C(=O)C(C)OC(=O)/C=C/c2ccc3ccccc3n2)cc1. The second-order valence-electron chi connectivity index (χ2n) is 6.16. The lowest BCUT2D eigenvalue weighted by molar-refractivity contribution is -0.140. The summed E-state index contributed by atoms with van der Waals surface area (Å²) in [6, 6.07) is 18.2. The molecule has 1 atom stereocenters. The number of carbonyl (C=O) groups is 2. The van der Waals surface area contributed by atoms with Crippen molar-refractivity contribution < 1.29 is 19.1 Å². The van der Waals surface area contributed by atoms with Gasteiger partial charge in [-0.1, -0.05) is 24.3 Å². The number of fused-ring (bicyclic) bond motifs is 1. The third kappa shape index (κ3) is 4.82. The maximum atomic E-state index is 12.4. The number of Topliss-reactive ketones (excluding diaryl/α,β-unsaturated/α-hetero) is 1. The Labute approximate surface area is 163 Å². The molecule has 0 spiro atoms. The van der Waals surface area contributed by atoms with Crippen LogP contribution in [0.25, 0.3) is 17.0 Å². The molecule has 0 fully saturated rings. The molecule has 0 aliphatic heterocycles. The molecule has 2 aromatic carbocycles. The molecule has 0 aliphatic rings. The second kappa shape index (κ2) is 8.95. The first kappa shape index (κ1) is 19.3. The van der Waals surface area contributed by atoms with E-state index in [-0.39, 0.29) is 5.78 Å². The predicted molar refractivity (Wildman–Crippen MR) is 108 cm³/mol. The van der Waals surface area contributed by atoms with Gasteiger partial charge in [-0.2, -0.15) is 0 Å². The van der Waals surface area contributed by atoms with E-state index in [1.165, 1.54) is 6.08 Å². The van der Waals surface area contributed by atoms with E-state index in [2.05, 4.69) is 4.98 Å². The molecule has 28 heavy (non-hydrogen) atoms. The molecule has 0 saturated heterocycles. The Hall–Kier alpha value is -3.47. The average Bonchev–Trinajstić information content (AvgIpc) is 2.72. The normalized spacial score (nSPS) is 12.1. The van der Waals surface area contributed by atoms with Gasteiger partial charge in [-0.3, -0.25) is 4.79 Å². The highest BCUT2D eigenvalue weighted by Crippen LogP contribution is 2.15. The fraction of sp³-hybridized carbons (Fsp3) is 0.174. The van der Waals surface area contributed by atoms with Gasteiger partial charge in [0.25, 0.3) is 0 Å². The number of hydrogen-bond acceptors (Lipinski definition) is 5. The van der Waals surface area contributed by atoms with Gasteiger partial charge < -0.3 is 9.47 Å². The molecule has 0 radical (unpaired) electrons. The minimum atomic E-state index is -0.889. The van der Waals surface area contributed by atoms with Gasteiger partial charge in [0.15, 0.2) is 6.10 Å². The Balaban J connectivity index is 1.61.